The fourth-order valence-corrected chi connectivity index (χ4v) is 2.22. The van der Waals surface area contributed by atoms with Crippen molar-refractivity contribution in [2.24, 2.45) is 11.7 Å². The maximum absolute atomic E-state index is 12.0. The third-order valence-corrected chi connectivity index (χ3v) is 3.41. The number of urea groups is 1. The summed E-state index contributed by atoms with van der Waals surface area (Å²) < 4.78 is 5.34. The largest absolute Gasteiger partial charge is 0.480 e. The number of nitrogens with zero attached hydrogens (tertiary/aromatic N) is 1. The zero-order chi connectivity index (χ0) is 15.8. The van der Waals surface area contributed by atoms with Gasteiger partial charge in [-0.15, -0.1) is 0 Å². The molecule has 1 heterocycles. The van der Waals surface area contributed by atoms with Gasteiger partial charge in [-0.3, -0.25) is 4.79 Å². The summed E-state index contributed by atoms with van der Waals surface area (Å²) in [5, 5.41) is 11.4. The minimum atomic E-state index is -1.18. The number of aliphatic carboxylic acids is 1. The van der Waals surface area contributed by atoms with E-state index in [9.17, 15) is 14.4 Å². The summed E-state index contributed by atoms with van der Waals surface area (Å²) in [6, 6.07) is -1.59. The SMILES string of the molecule is CN(CC1CCCOC1)C(=O)N[C@@H](CCC(N)=O)C(=O)O. The molecule has 120 valence electrons. The van der Waals surface area contributed by atoms with Crippen molar-refractivity contribution in [2.45, 2.75) is 31.7 Å². The molecule has 1 saturated heterocycles. The van der Waals surface area contributed by atoms with Gasteiger partial charge in [-0.05, 0) is 19.3 Å². The first kappa shape index (κ1) is 17.2. The molecule has 0 aromatic heterocycles. The van der Waals surface area contributed by atoms with Crippen molar-refractivity contribution < 1.29 is 24.2 Å². The molecule has 2 atom stereocenters. The second-order valence-corrected chi connectivity index (χ2v) is 5.31. The van der Waals surface area contributed by atoms with Crippen LogP contribution in [0, 0.1) is 5.92 Å². The number of carbonyl (C=O) groups excluding carboxylic acids is 2. The first-order valence-corrected chi connectivity index (χ1v) is 7.00. The molecule has 8 nitrogen and oxygen atoms in total. The van der Waals surface area contributed by atoms with Gasteiger partial charge in [0.05, 0.1) is 6.61 Å². The van der Waals surface area contributed by atoms with Crippen molar-refractivity contribution in [3.05, 3.63) is 0 Å². The van der Waals surface area contributed by atoms with Crippen molar-refractivity contribution >= 4 is 17.9 Å². The highest BCUT2D eigenvalue weighted by Crippen LogP contribution is 2.14. The molecule has 0 aromatic rings. The molecular formula is C13H23N3O5. The molecule has 1 aliphatic rings. The molecule has 1 aliphatic heterocycles. The Kier molecular flexibility index (Phi) is 6.93. The lowest BCUT2D eigenvalue weighted by molar-refractivity contribution is -0.139. The molecule has 21 heavy (non-hydrogen) atoms. The molecule has 8 heteroatoms. The van der Waals surface area contributed by atoms with E-state index in [1.165, 1.54) is 4.90 Å². The van der Waals surface area contributed by atoms with E-state index in [2.05, 4.69) is 5.32 Å². The van der Waals surface area contributed by atoms with Crippen molar-refractivity contribution in [2.75, 3.05) is 26.8 Å². The Morgan fingerprint density at radius 1 is 1.48 bits per heavy atom. The van der Waals surface area contributed by atoms with Gasteiger partial charge in [0, 0.05) is 32.5 Å². The lowest BCUT2D eigenvalue weighted by atomic mass is 10.0. The first-order valence-electron chi connectivity index (χ1n) is 7.00. The number of hydrogen-bond acceptors (Lipinski definition) is 4. The van der Waals surface area contributed by atoms with E-state index in [-0.39, 0.29) is 18.8 Å². The molecule has 3 amide bonds. The fourth-order valence-electron chi connectivity index (χ4n) is 2.22. The third kappa shape index (κ3) is 6.44. The van der Waals surface area contributed by atoms with Crippen molar-refractivity contribution in [1.82, 2.24) is 10.2 Å². The standard InChI is InChI=1S/C13H23N3O5/c1-16(7-9-3-2-6-21-8-9)13(20)15-10(12(18)19)4-5-11(14)17/h9-10H,2-8H2,1H3,(H2,14,17)(H,15,20)(H,18,19)/t9?,10-/m0/s1. The minimum absolute atomic E-state index is 0.0171. The number of primary amides is 1. The highest BCUT2D eigenvalue weighted by atomic mass is 16.5. The van der Waals surface area contributed by atoms with Crippen LogP contribution in [0.2, 0.25) is 0 Å². The zero-order valence-corrected chi connectivity index (χ0v) is 12.2. The molecule has 1 rings (SSSR count). The van der Waals surface area contributed by atoms with Gasteiger partial charge in [-0.1, -0.05) is 0 Å². The van der Waals surface area contributed by atoms with Gasteiger partial charge >= 0.3 is 12.0 Å². The smallest absolute Gasteiger partial charge is 0.326 e. The van der Waals surface area contributed by atoms with E-state index in [4.69, 9.17) is 15.6 Å². The highest BCUT2D eigenvalue weighted by molar-refractivity contribution is 5.83. The van der Waals surface area contributed by atoms with E-state index in [0.29, 0.717) is 13.2 Å². The van der Waals surface area contributed by atoms with Crippen molar-refractivity contribution in [3.8, 4) is 0 Å². The maximum Gasteiger partial charge on any atom is 0.326 e. The Balaban J connectivity index is 2.43. The summed E-state index contributed by atoms with van der Waals surface area (Å²) in [4.78, 5) is 35.2. The zero-order valence-electron chi connectivity index (χ0n) is 12.2. The number of carbonyl (C=O) groups is 3. The van der Waals surface area contributed by atoms with Crippen molar-refractivity contribution in [1.29, 1.82) is 0 Å². The Bertz CT molecular complexity index is 382. The normalized spacial score (nSPS) is 19.6. The molecule has 1 fully saturated rings. The number of hydrogen-bond donors (Lipinski definition) is 3. The average Bonchev–Trinajstić information content (AvgIpc) is 2.43. The molecule has 0 aliphatic carbocycles. The van der Waals surface area contributed by atoms with Crippen LogP contribution in [0.1, 0.15) is 25.7 Å². The lowest BCUT2D eigenvalue weighted by Crippen LogP contribution is -2.48. The number of ether oxygens (including phenoxy) is 1. The predicted octanol–water partition coefficient (Wildman–Crippen LogP) is -0.227. The predicted molar refractivity (Wildman–Crippen MR) is 74.6 cm³/mol. The number of nitrogens with one attached hydrogen (secondary N) is 1. The van der Waals surface area contributed by atoms with Gasteiger partial charge < -0.3 is 25.8 Å². The van der Waals surface area contributed by atoms with Crippen LogP contribution in [-0.2, 0) is 14.3 Å². The summed E-state index contributed by atoms with van der Waals surface area (Å²) in [6.45, 7) is 1.87. The Morgan fingerprint density at radius 3 is 2.71 bits per heavy atom. The van der Waals surface area contributed by atoms with Crippen LogP contribution in [-0.4, -0.2) is 60.8 Å². The van der Waals surface area contributed by atoms with Crippen LogP contribution in [0.15, 0.2) is 0 Å². The average molecular weight is 301 g/mol. The molecule has 0 bridgehead atoms. The van der Waals surface area contributed by atoms with Crippen LogP contribution in [0.5, 0.6) is 0 Å². The van der Waals surface area contributed by atoms with Crippen LogP contribution in [0.3, 0.4) is 0 Å². The topological polar surface area (TPSA) is 122 Å². The van der Waals surface area contributed by atoms with Gasteiger partial charge in [0.1, 0.15) is 6.04 Å². The van der Waals surface area contributed by atoms with E-state index in [1.807, 2.05) is 0 Å². The second-order valence-electron chi connectivity index (χ2n) is 5.31. The molecule has 0 saturated carbocycles. The molecule has 0 aromatic carbocycles. The van der Waals surface area contributed by atoms with Crippen molar-refractivity contribution in [3.63, 3.8) is 0 Å². The quantitative estimate of drug-likeness (QED) is 0.599. The van der Waals surface area contributed by atoms with Gasteiger partial charge in [0.2, 0.25) is 5.91 Å². The summed E-state index contributed by atoms with van der Waals surface area (Å²) in [7, 11) is 1.61. The summed E-state index contributed by atoms with van der Waals surface area (Å²) in [5.41, 5.74) is 4.99. The van der Waals surface area contributed by atoms with Crippen LogP contribution in [0.25, 0.3) is 0 Å². The van der Waals surface area contributed by atoms with E-state index < -0.39 is 23.9 Å². The Labute approximate surface area is 123 Å². The molecule has 0 spiro atoms. The van der Waals surface area contributed by atoms with E-state index >= 15 is 0 Å². The minimum Gasteiger partial charge on any atom is -0.480 e. The molecule has 1 unspecified atom stereocenters. The molecular weight excluding hydrogens is 278 g/mol. The molecule has 4 N–H and O–H groups in total. The second kappa shape index (κ2) is 8.46. The molecule has 0 radical (unpaired) electrons. The first-order chi connectivity index (χ1) is 9.90. The summed E-state index contributed by atoms with van der Waals surface area (Å²) in [5.74, 6) is -1.51. The monoisotopic (exact) mass is 301 g/mol. The number of amides is 3. The Morgan fingerprint density at radius 2 is 2.19 bits per heavy atom. The van der Waals surface area contributed by atoms with Crippen LogP contribution >= 0.6 is 0 Å². The van der Waals surface area contributed by atoms with Gasteiger partial charge in [-0.25, -0.2) is 9.59 Å². The van der Waals surface area contributed by atoms with E-state index in [0.717, 1.165) is 19.4 Å². The third-order valence-electron chi connectivity index (χ3n) is 3.41. The maximum atomic E-state index is 12.0. The number of nitrogens with two attached hydrogens (primary N) is 1. The van der Waals surface area contributed by atoms with Gasteiger partial charge in [-0.2, -0.15) is 0 Å². The van der Waals surface area contributed by atoms with Gasteiger partial charge in [0.15, 0.2) is 0 Å². The lowest BCUT2D eigenvalue weighted by Gasteiger charge is -2.28. The summed E-state index contributed by atoms with van der Waals surface area (Å²) >= 11 is 0. The highest BCUT2D eigenvalue weighted by Gasteiger charge is 2.24. The Hall–Kier alpha value is -1.83. The van der Waals surface area contributed by atoms with E-state index in [1.54, 1.807) is 7.05 Å². The summed E-state index contributed by atoms with van der Waals surface area (Å²) in [6.07, 6.45) is 1.85. The fraction of sp³-hybridized carbons (Fsp3) is 0.769. The van der Waals surface area contributed by atoms with Gasteiger partial charge in [0.25, 0.3) is 0 Å². The number of rotatable bonds is 7. The van der Waals surface area contributed by atoms with Crippen LogP contribution < -0.4 is 11.1 Å². The number of carboxylic acid groups (broad SMARTS) is 1. The number of carboxylic acids is 1. The van der Waals surface area contributed by atoms with Crippen LogP contribution in [0.4, 0.5) is 4.79 Å².